The minimum Gasteiger partial charge on any atom is -0.357 e. The van der Waals surface area contributed by atoms with Gasteiger partial charge in [-0.1, -0.05) is 29.8 Å². The summed E-state index contributed by atoms with van der Waals surface area (Å²) in [6.07, 6.45) is 1.74. The van der Waals surface area contributed by atoms with E-state index in [0.29, 0.717) is 0 Å². The fourth-order valence-corrected chi connectivity index (χ4v) is 3.04. The van der Waals surface area contributed by atoms with Crippen molar-refractivity contribution in [1.82, 2.24) is 15.6 Å². The lowest BCUT2D eigenvalue weighted by Gasteiger charge is -2.11. The summed E-state index contributed by atoms with van der Waals surface area (Å²) in [4.78, 5) is 9.06. The number of nitrogens with zero attached hydrogens (tertiary/aromatic N) is 2. The molecule has 0 aliphatic heterocycles. The molecule has 0 aliphatic carbocycles. The Kier molecular flexibility index (Phi) is 7.36. The second-order valence-electron chi connectivity index (χ2n) is 5.14. The largest absolute Gasteiger partial charge is 0.357 e. The predicted octanol–water partition coefficient (Wildman–Crippen LogP) is 3.45. The molecule has 0 spiro atoms. The van der Waals surface area contributed by atoms with Crippen LogP contribution in [0.15, 0.2) is 34.6 Å². The van der Waals surface area contributed by atoms with Crippen molar-refractivity contribution in [2.24, 2.45) is 4.99 Å². The Labute approximate surface area is 147 Å². The first-order chi connectivity index (χ1) is 11.2. The molecule has 0 saturated carbocycles. The Bertz CT molecular complexity index is 639. The molecule has 1 aromatic heterocycles. The van der Waals surface area contributed by atoms with Gasteiger partial charge in [0.05, 0.1) is 10.7 Å². The number of halogens is 1. The fourth-order valence-electron chi connectivity index (χ4n) is 2.16. The smallest absolute Gasteiger partial charge is 0.191 e. The molecule has 0 atom stereocenters. The maximum Gasteiger partial charge on any atom is 0.191 e. The summed E-state index contributed by atoms with van der Waals surface area (Å²) in [7, 11) is 0. The summed E-state index contributed by atoms with van der Waals surface area (Å²) in [5, 5.41) is 10.6. The quantitative estimate of drug-likeness (QED) is 0.594. The van der Waals surface area contributed by atoms with Gasteiger partial charge in [-0.2, -0.15) is 0 Å². The van der Waals surface area contributed by atoms with Crippen molar-refractivity contribution in [3.63, 3.8) is 0 Å². The molecule has 0 fully saturated rings. The van der Waals surface area contributed by atoms with Crippen molar-refractivity contribution in [3.8, 4) is 0 Å². The van der Waals surface area contributed by atoms with Gasteiger partial charge in [0.2, 0.25) is 0 Å². The Balaban J connectivity index is 1.80. The summed E-state index contributed by atoms with van der Waals surface area (Å²) < 4.78 is 0. The van der Waals surface area contributed by atoms with Crippen LogP contribution in [-0.2, 0) is 12.8 Å². The average Bonchev–Trinajstić information content (AvgIpc) is 2.94. The summed E-state index contributed by atoms with van der Waals surface area (Å²) in [6.45, 7) is 6.45. The normalized spacial score (nSPS) is 11.5. The van der Waals surface area contributed by atoms with Crippen LogP contribution < -0.4 is 10.6 Å². The molecule has 4 nitrogen and oxygen atoms in total. The lowest BCUT2D eigenvalue weighted by atomic mass is 10.1. The molecule has 6 heteroatoms. The zero-order valence-electron chi connectivity index (χ0n) is 13.6. The number of guanidine groups is 1. The van der Waals surface area contributed by atoms with Crippen LogP contribution in [0.5, 0.6) is 0 Å². The minimum atomic E-state index is 0.727. The Morgan fingerprint density at radius 3 is 2.78 bits per heavy atom. The number of aromatic nitrogens is 1. The van der Waals surface area contributed by atoms with Gasteiger partial charge >= 0.3 is 0 Å². The Morgan fingerprint density at radius 2 is 2.09 bits per heavy atom. The maximum atomic E-state index is 6.17. The van der Waals surface area contributed by atoms with Gasteiger partial charge in [0.25, 0.3) is 0 Å². The Morgan fingerprint density at radius 1 is 1.26 bits per heavy atom. The third kappa shape index (κ3) is 6.20. The van der Waals surface area contributed by atoms with E-state index in [-0.39, 0.29) is 0 Å². The van der Waals surface area contributed by atoms with Gasteiger partial charge in [-0.05, 0) is 31.9 Å². The zero-order valence-corrected chi connectivity index (χ0v) is 15.2. The van der Waals surface area contributed by atoms with Crippen LogP contribution in [0, 0.1) is 6.92 Å². The van der Waals surface area contributed by atoms with E-state index >= 15 is 0 Å². The van der Waals surface area contributed by atoms with Gasteiger partial charge in [0, 0.05) is 36.5 Å². The first-order valence-electron chi connectivity index (χ1n) is 7.85. The summed E-state index contributed by atoms with van der Waals surface area (Å²) in [6, 6.07) is 7.94. The third-order valence-electron chi connectivity index (χ3n) is 3.29. The summed E-state index contributed by atoms with van der Waals surface area (Å²) in [5.41, 5.74) is 2.26. The van der Waals surface area contributed by atoms with E-state index in [1.165, 1.54) is 0 Å². The third-order valence-corrected chi connectivity index (χ3v) is 4.48. The number of hydrogen-bond donors (Lipinski definition) is 2. The molecule has 0 amide bonds. The highest BCUT2D eigenvalue weighted by atomic mass is 35.5. The second kappa shape index (κ2) is 9.53. The highest BCUT2D eigenvalue weighted by Gasteiger charge is 2.02. The van der Waals surface area contributed by atoms with E-state index in [2.05, 4.69) is 39.0 Å². The van der Waals surface area contributed by atoms with Crippen molar-refractivity contribution in [2.75, 3.05) is 19.6 Å². The predicted molar refractivity (Wildman–Crippen MR) is 99.7 cm³/mol. The number of thiazole rings is 1. The highest BCUT2D eigenvalue weighted by Crippen LogP contribution is 2.14. The van der Waals surface area contributed by atoms with Crippen molar-refractivity contribution >= 4 is 28.9 Å². The molecular weight excluding hydrogens is 328 g/mol. The van der Waals surface area contributed by atoms with Crippen LogP contribution in [0.3, 0.4) is 0 Å². The van der Waals surface area contributed by atoms with Gasteiger partial charge < -0.3 is 10.6 Å². The molecule has 0 bridgehead atoms. The maximum absolute atomic E-state index is 6.17. The SMILES string of the molecule is CCNC(=NCCc1csc(C)n1)NCCc1ccccc1Cl. The number of nitrogens with one attached hydrogen (secondary N) is 2. The first-order valence-corrected chi connectivity index (χ1v) is 9.11. The molecule has 0 radical (unpaired) electrons. The standard InChI is InChI=1S/C17H23ClN4S/c1-3-19-17(21-11-9-15-12-23-13(2)22-15)20-10-8-14-6-4-5-7-16(14)18/h4-7,12H,3,8-11H2,1-2H3,(H2,19,20,21). The fraction of sp³-hybridized carbons (Fsp3) is 0.412. The second-order valence-corrected chi connectivity index (χ2v) is 6.61. The number of hydrogen-bond acceptors (Lipinski definition) is 3. The van der Waals surface area contributed by atoms with E-state index in [1.807, 2.05) is 25.1 Å². The van der Waals surface area contributed by atoms with Gasteiger partial charge in [0.1, 0.15) is 0 Å². The monoisotopic (exact) mass is 350 g/mol. The van der Waals surface area contributed by atoms with Crippen LogP contribution in [-0.4, -0.2) is 30.6 Å². The van der Waals surface area contributed by atoms with Gasteiger partial charge in [-0.15, -0.1) is 11.3 Å². The van der Waals surface area contributed by atoms with Crippen molar-refractivity contribution in [2.45, 2.75) is 26.7 Å². The van der Waals surface area contributed by atoms with E-state index in [1.54, 1.807) is 11.3 Å². The molecule has 124 valence electrons. The van der Waals surface area contributed by atoms with Crippen molar-refractivity contribution < 1.29 is 0 Å². The van der Waals surface area contributed by atoms with Crippen molar-refractivity contribution in [3.05, 3.63) is 50.9 Å². The van der Waals surface area contributed by atoms with Crippen LogP contribution in [0.2, 0.25) is 5.02 Å². The van der Waals surface area contributed by atoms with Crippen molar-refractivity contribution in [1.29, 1.82) is 0 Å². The number of rotatable bonds is 7. The lowest BCUT2D eigenvalue weighted by molar-refractivity contribution is 0.795. The molecule has 1 heterocycles. The molecule has 0 aliphatic rings. The van der Waals surface area contributed by atoms with E-state index < -0.39 is 0 Å². The van der Waals surface area contributed by atoms with E-state index in [4.69, 9.17) is 11.6 Å². The van der Waals surface area contributed by atoms with E-state index in [9.17, 15) is 0 Å². The molecule has 2 rings (SSSR count). The molecular formula is C17H23ClN4S. The minimum absolute atomic E-state index is 0.727. The molecule has 23 heavy (non-hydrogen) atoms. The average molecular weight is 351 g/mol. The Hall–Kier alpha value is -1.59. The van der Waals surface area contributed by atoms with Crippen LogP contribution in [0.1, 0.15) is 23.2 Å². The van der Waals surface area contributed by atoms with Gasteiger partial charge in [-0.3, -0.25) is 4.99 Å². The van der Waals surface area contributed by atoms with E-state index in [0.717, 1.165) is 59.7 Å². The number of benzene rings is 1. The van der Waals surface area contributed by atoms with Crippen LogP contribution in [0.25, 0.3) is 0 Å². The topological polar surface area (TPSA) is 49.3 Å². The molecule has 0 saturated heterocycles. The lowest BCUT2D eigenvalue weighted by Crippen LogP contribution is -2.38. The van der Waals surface area contributed by atoms with Gasteiger partial charge in [-0.25, -0.2) is 4.98 Å². The molecule has 2 aromatic rings. The molecule has 1 aromatic carbocycles. The zero-order chi connectivity index (χ0) is 16.5. The van der Waals surface area contributed by atoms with Gasteiger partial charge in [0.15, 0.2) is 5.96 Å². The van der Waals surface area contributed by atoms with Crippen LogP contribution in [0.4, 0.5) is 0 Å². The molecule has 0 unspecified atom stereocenters. The van der Waals surface area contributed by atoms with Crippen LogP contribution >= 0.6 is 22.9 Å². The highest BCUT2D eigenvalue weighted by molar-refractivity contribution is 7.09. The summed E-state index contributed by atoms with van der Waals surface area (Å²) >= 11 is 7.86. The molecule has 2 N–H and O–H groups in total. The summed E-state index contributed by atoms with van der Waals surface area (Å²) in [5.74, 6) is 0.839. The number of aliphatic imine (C=N–C) groups is 1. The number of aryl methyl sites for hydroxylation is 1. The first kappa shape index (κ1) is 17.8.